The summed E-state index contributed by atoms with van der Waals surface area (Å²) in [5.74, 6) is 0. The van der Waals surface area contributed by atoms with E-state index in [1.54, 1.807) is 13.1 Å². The van der Waals surface area contributed by atoms with E-state index < -0.39 is 5.41 Å². The second-order valence-corrected chi connectivity index (χ2v) is 3.94. The fourth-order valence-electron chi connectivity index (χ4n) is 1.38. The molecule has 6 N–H and O–H groups in total. The fourth-order valence-corrected chi connectivity index (χ4v) is 1.38. The molecule has 0 bridgehead atoms. The maximum atomic E-state index is 9.32. The van der Waals surface area contributed by atoms with Gasteiger partial charge in [-0.25, -0.2) is 0 Å². The summed E-state index contributed by atoms with van der Waals surface area (Å²) in [4.78, 5) is 8.43. The van der Waals surface area contributed by atoms with Crippen LogP contribution in [0.15, 0.2) is 6.20 Å². The number of aliphatic hydroxyl groups excluding tert-OH is 2. The summed E-state index contributed by atoms with van der Waals surface area (Å²) in [5.41, 5.74) is 11.9. The van der Waals surface area contributed by atoms with Gasteiger partial charge in [0.2, 0.25) is 0 Å². The van der Waals surface area contributed by atoms with Crippen LogP contribution in [-0.2, 0) is 18.5 Å². The number of rotatable bonds is 5. The lowest BCUT2D eigenvalue weighted by atomic mass is 9.87. The van der Waals surface area contributed by atoms with Crippen molar-refractivity contribution in [3.05, 3.63) is 23.3 Å². The van der Waals surface area contributed by atoms with Crippen molar-refractivity contribution in [3.8, 4) is 0 Å². The van der Waals surface area contributed by atoms with Crippen LogP contribution < -0.4 is 11.5 Å². The Balaban J connectivity index is 3.27. The Bertz CT molecular complexity index is 353. The lowest BCUT2D eigenvalue weighted by Gasteiger charge is -2.26. The molecule has 0 radical (unpaired) electrons. The molecule has 1 rings (SSSR count). The normalized spacial score (nSPS) is 11.8. The van der Waals surface area contributed by atoms with E-state index in [0.29, 0.717) is 17.1 Å². The minimum atomic E-state index is -0.840. The highest BCUT2D eigenvalue weighted by Gasteiger charge is 2.30. The number of aromatic nitrogens is 2. The maximum Gasteiger partial charge on any atom is 0.0762 e. The smallest absolute Gasteiger partial charge is 0.0762 e. The number of hydrogen-bond donors (Lipinski definition) is 4. The van der Waals surface area contributed by atoms with Crippen molar-refractivity contribution < 1.29 is 10.2 Å². The van der Waals surface area contributed by atoms with E-state index in [0.717, 1.165) is 0 Å². The van der Waals surface area contributed by atoms with Crippen molar-refractivity contribution in [3.63, 3.8) is 0 Å². The van der Waals surface area contributed by atoms with Gasteiger partial charge in [0.25, 0.3) is 0 Å². The zero-order valence-corrected chi connectivity index (χ0v) is 9.35. The zero-order valence-electron chi connectivity index (χ0n) is 9.35. The summed E-state index contributed by atoms with van der Waals surface area (Å²) >= 11 is 0. The van der Waals surface area contributed by atoms with E-state index in [4.69, 9.17) is 11.5 Å². The van der Waals surface area contributed by atoms with Gasteiger partial charge in [0.05, 0.1) is 41.9 Å². The van der Waals surface area contributed by atoms with Crippen LogP contribution in [0.3, 0.4) is 0 Å². The molecule has 90 valence electrons. The molecule has 0 saturated heterocycles. The average molecular weight is 226 g/mol. The van der Waals surface area contributed by atoms with Crippen LogP contribution >= 0.6 is 0 Å². The highest BCUT2D eigenvalue weighted by Crippen LogP contribution is 2.23. The van der Waals surface area contributed by atoms with E-state index in [1.165, 1.54) is 0 Å². The van der Waals surface area contributed by atoms with Crippen LogP contribution in [0.25, 0.3) is 0 Å². The van der Waals surface area contributed by atoms with Crippen LogP contribution in [-0.4, -0.2) is 33.4 Å². The minimum absolute atomic E-state index is 0.211. The van der Waals surface area contributed by atoms with E-state index in [-0.39, 0.29) is 26.3 Å². The lowest BCUT2D eigenvalue weighted by Crippen LogP contribution is -2.35. The molecule has 0 atom stereocenters. The monoisotopic (exact) mass is 226 g/mol. The molecule has 0 aliphatic carbocycles. The van der Waals surface area contributed by atoms with Gasteiger partial charge in [-0.1, -0.05) is 0 Å². The highest BCUT2D eigenvalue weighted by atomic mass is 16.3. The molecular weight excluding hydrogens is 208 g/mol. The molecule has 1 aromatic heterocycles. The van der Waals surface area contributed by atoms with Gasteiger partial charge in [-0.3, -0.25) is 9.97 Å². The standard InChI is InChI=1S/C10H18N4O2/c1-10(5-15,6-16)9-8(3-12)13-4-7(2-11)14-9/h4,15-16H,2-3,5-6,11-12H2,1H3. The topological polar surface area (TPSA) is 118 Å². The highest BCUT2D eigenvalue weighted by molar-refractivity contribution is 5.23. The van der Waals surface area contributed by atoms with Gasteiger partial charge < -0.3 is 21.7 Å². The molecule has 1 heterocycles. The van der Waals surface area contributed by atoms with Crippen LogP contribution in [0.4, 0.5) is 0 Å². The Morgan fingerprint density at radius 2 is 1.88 bits per heavy atom. The minimum Gasteiger partial charge on any atom is -0.395 e. The fraction of sp³-hybridized carbons (Fsp3) is 0.600. The van der Waals surface area contributed by atoms with Gasteiger partial charge in [-0.2, -0.15) is 0 Å². The Kier molecular flexibility index (Phi) is 4.31. The van der Waals surface area contributed by atoms with E-state index in [9.17, 15) is 10.2 Å². The number of nitrogens with two attached hydrogens (primary N) is 2. The lowest BCUT2D eigenvalue weighted by molar-refractivity contribution is 0.125. The largest absolute Gasteiger partial charge is 0.395 e. The van der Waals surface area contributed by atoms with Crippen molar-refractivity contribution >= 4 is 0 Å². The van der Waals surface area contributed by atoms with Crippen molar-refractivity contribution in [2.45, 2.75) is 25.4 Å². The third-order valence-electron chi connectivity index (χ3n) is 2.57. The third kappa shape index (κ3) is 2.35. The molecule has 0 fully saturated rings. The maximum absolute atomic E-state index is 9.32. The van der Waals surface area contributed by atoms with Crippen molar-refractivity contribution in [1.82, 2.24) is 9.97 Å². The second-order valence-electron chi connectivity index (χ2n) is 3.94. The van der Waals surface area contributed by atoms with Crippen LogP contribution in [0.2, 0.25) is 0 Å². The molecule has 0 amide bonds. The number of hydrogen-bond acceptors (Lipinski definition) is 6. The summed E-state index contributed by atoms with van der Waals surface area (Å²) in [7, 11) is 0. The molecule has 16 heavy (non-hydrogen) atoms. The first kappa shape index (κ1) is 13.0. The first-order chi connectivity index (χ1) is 7.61. The van der Waals surface area contributed by atoms with Gasteiger partial charge in [-0.15, -0.1) is 0 Å². The Hall–Kier alpha value is -1.08. The van der Waals surface area contributed by atoms with Gasteiger partial charge >= 0.3 is 0 Å². The molecule has 0 aromatic carbocycles. The van der Waals surface area contributed by atoms with Crippen LogP contribution in [0.5, 0.6) is 0 Å². The Labute approximate surface area is 94.3 Å². The zero-order chi connectivity index (χ0) is 12.2. The van der Waals surface area contributed by atoms with E-state index >= 15 is 0 Å². The predicted molar refractivity (Wildman–Crippen MR) is 59.3 cm³/mol. The Morgan fingerprint density at radius 1 is 1.25 bits per heavy atom. The van der Waals surface area contributed by atoms with Crippen molar-refractivity contribution in [2.24, 2.45) is 11.5 Å². The van der Waals surface area contributed by atoms with Crippen LogP contribution in [0, 0.1) is 0 Å². The SMILES string of the molecule is CC(CO)(CO)c1nc(CN)cnc1CN. The average Bonchev–Trinajstić information content (AvgIpc) is 2.37. The molecule has 0 aliphatic rings. The first-order valence-electron chi connectivity index (χ1n) is 5.08. The predicted octanol–water partition coefficient (Wildman–Crippen LogP) is -1.36. The first-order valence-corrected chi connectivity index (χ1v) is 5.08. The molecule has 6 nitrogen and oxygen atoms in total. The van der Waals surface area contributed by atoms with Gasteiger partial charge in [0.15, 0.2) is 0 Å². The van der Waals surface area contributed by atoms with Gasteiger partial charge in [0, 0.05) is 13.1 Å². The summed E-state index contributed by atoms with van der Waals surface area (Å²) in [6.07, 6.45) is 1.56. The summed E-state index contributed by atoms with van der Waals surface area (Å²) in [6.45, 7) is 1.73. The second kappa shape index (κ2) is 5.31. The molecule has 1 aromatic rings. The summed E-state index contributed by atoms with van der Waals surface area (Å²) in [6, 6.07) is 0. The van der Waals surface area contributed by atoms with Crippen molar-refractivity contribution in [1.29, 1.82) is 0 Å². The third-order valence-corrected chi connectivity index (χ3v) is 2.57. The molecule has 0 aliphatic heterocycles. The Morgan fingerprint density at radius 3 is 2.31 bits per heavy atom. The van der Waals surface area contributed by atoms with Gasteiger partial charge in [0.1, 0.15) is 0 Å². The van der Waals surface area contributed by atoms with E-state index in [2.05, 4.69) is 9.97 Å². The van der Waals surface area contributed by atoms with E-state index in [1.807, 2.05) is 0 Å². The summed E-state index contributed by atoms with van der Waals surface area (Å²) in [5, 5.41) is 18.6. The molecular formula is C10H18N4O2. The molecule has 0 unspecified atom stereocenters. The quantitative estimate of drug-likeness (QED) is 0.492. The number of nitrogens with zero attached hydrogens (tertiary/aromatic N) is 2. The molecule has 6 heteroatoms. The van der Waals surface area contributed by atoms with Crippen LogP contribution in [0.1, 0.15) is 24.0 Å². The molecule has 0 saturated carbocycles. The van der Waals surface area contributed by atoms with Gasteiger partial charge in [-0.05, 0) is 6.92 Å². The van der Waals surface area contributed by atoms with Crippen molar-refractivity contribution in [2.75, 3.05) is 13.2 Å². The summed E-state index contributed by atoms with van der Waals surface area (Å²) < 4.78 is 0. The molecule has 0 spiro atoms. The number of aliphatic hydroxyl groups is 2.